The highest BCUT2D eigenvalue weighted by molar-refractivity contribution is 6.00. The molecule has 1 aromatic heterocycles. The Morgan fingerprint density at radius 3 is 2.70 bits per heavy atom. The highest BCUT2D eigenvalue weighted by atomic mass is 19.1. The molecule has 1 amide bonds. The zero-order valence-corrected chi connectivity index (χ0v) is 17.2. The number of hydrogen-bond acceptors (Lipinski definition) is 5. The van der Waals surface area contributed by atoms with E-state index in [0.717, 1.165) is 31.4 Å². The molecule has 0 aliphatic carbocycles. The Morgan fingerprint density at radius 2 is 2.03 bits per heavy atom. The number of amides is 1. The van der Waals surface area contributed by atoms with Crippen molar-refractivity contribution in [2.75, 3.05) is 25.0 Å². The standard InChI is InChI=1S/C22H27FN4O3/c1-14-6-7-17(16(23)9-14)25-18-10-20(28)26(2)11-15(18)21(29)27-12-22(30,13-27)19-5-3-4-8-24-19/h6-7,9-11,19,24-25,30H,3-5,8,12-13H2,1-2H3/t19-/m0/s1. The van der Waals surface area contributed by atoms with E-state index in [9.17, 15) is 19.1 Å². The lowest BCUT2D eigenvalue weighted by atomic mass is 9.81. The largest absolute Gasteiger partial charge is 0.385 e. The number of likely N-dealkylation sites (tertiary alicyclic amines) is 1. The summed E-state index contributed by atoms with van der Waals surface area (Å²) in [6.07, 6.45) is 4.50. The van der Waals surface area contributed by atoms with Crippen molar-refractivity contribution in [3.8, 4) is 0 Å². The monoisotopic (exact) mass is 414 g/mol. The highest BCUT2D eigenvalue weighted by Crippen LogP contribution is 2.32. The fourth-order valence-corrected chi connectivity index (χ4v) is 4.23. The number of aromatic nitrogens is 1. The second kappa shape index (κ2) is 7.85. The molecule has 0 saturated carbocycles. The van der Waals surface area contributed by atoms with Gasteiger partial charge in [0, 0.05) is 25.4 Å². The topological polar surface area (TPSA) is 86.6 Å². The Labute approximate surface area is 174 Å². The predicted octanol–water partition coefficient (Wildman–Crippen LogP) is 1.91. The maximum atomic E-state index is 14.3. The van der Waals surface area contributed by atoms with E-state index in [1.165, 1.54) is 22.9 Å². The Bertz CT molecular complexity index is 1020. The molecular weight excluding hydrogens is 387 g/mol. The van der Waals surface area contributed by atoms with Crippen molar-refractivity contribution in [1.82, 2.24) is 14.8 Å². The average molecular weight is 414 g/mol. The Kier molecular flexibility index (Phi) is 5.38. The van der Waals surface area contributed by atoms with Crippen molar-refractivity contribution in [3.63, 3.8) is 0 Å². The number of nitrogens with zero attached hydrogens (tertiary/aromatic N) is 2. The number of β-amino-alcohol motifs (C(OH)–C–C–N with tert-alkyl or cyclic N) is 1. The van der Waals surface area contributed by atoms with Gasteiger partial charge >= 0.3 is 0 Å². The molecule has 2 aliphatic heterocycles. The summed E-state index contributed by atoms with van der Waals surface area (Å²) in [6, 6.07) is 5.99. The minimum atomic E-state index is -0.937. The van der Waals surface area contributed by atoms with E-state index in [1.54, 1.807) is 31.0 Å². The quantitative estimate of drug-likeness (QED) is 0.712. The number of rotatable bonds is 4. The maximum absolute atomic E-state index is 14.3. The first-order valence-electron chi connectivity index (χ1n) is 10.3. The SMILES string of the molecule is Cc1ccc(Nc2cc(=O)n(C)cc2C(=O)N2CC(O)([C@@H]3CCCCN3)C2)c(F)c1. The van der Waals surface area contributed by atoms with Gasteiger partial charge in [-0.1, -0.05) is 12.5 Å². The van der Waals surface area contributed by atoms with Gasteiger partial charge in [-0.05, 0) is 44.0 Å². The number of benzene rings is 1. The minimum Gasteiger partial charge on any atom is -0.385 e. The van der Waals surface area contributed by atoms with E-state index in [4.69, 9.17) is 0 Å². The van der Waals surface area contributed by atoms with Gasteiger partial charge in [-0.25, -0.2) is 4.39 Å². The third-order valence-electron chi connectivity index (χ3n) is 6.03. The molecule has 2 aliphatic rings. The zero-order chi connectivity index (χ0) is 21.5. The number of carbonyl (C=O) groups excluding carboxylic acids is 1. The predicted molar refractivity (Wildman–Crippen MR) is 113 cm³/mol. The first-order chi connectivity index (χ1) is 14.3. The van der Waals surface area contributed by atoms with Crippen LogP contribution >= 0.6 is 0 Å². The number of aliphatic hydroxyl groups is 1. The lowest BCUT2D eigenvalue weighted by molar-refractivity contribution is -0.108. The first-order valence-corrected chi connectivity index (χ1v) is 10.3. The van der Waals surface area contributed by atoms with Crippen LogP contribution in [0.4, 0.5) is 15.8 Å². The van der Waals surface area contributed by atoms with Crippen LogP contribution in [0.25, 0.3) is 0 Å². The molecule has 3 N–H and O–H groups in total. The minimum absolute atomic E-state index is 0.0188. The summed E-state index contributed by atoms with van der Waals surface area (Å²) in [4.78, 5) is 26.9. The van der Waals surface area contributed by atoms with Crippen molar-refractivity contribution in [2.24, 2.45) is 7.05 Å². The van der Waals surface area contributed by atoms with Crippen molar-refractivity contribution in [2.45, 2.75) is 37.8 Å². The maximum Gasteiger partial charge on any atom is 0.257 e. The molecule has 1 atom stereocenters. The number of pyridine rings is 1. The van der Waals surface area contributed by atoms with Gasteiger partial charge in [0.05, 0.1) is 30.0 Å². The molecule has 160 valence electrons. The third kappa shape index (κ3) is 3.85. The number of nitrogens with one attached hydrogen (secondary N) is 2. The summed E-state index contributed by atoms with van der Waals surface area (Å²) in [6.45, 7) is 3.11. The van der Waals surface area contributed by atoms with E-state index in [0.29, 0.717) is 0 Å². The van der Waals surface area contributed by atoms with E-state index in [1.807, 2.05) is 0 Å². The molecule has 2 aromatic rings. The van der Waals surface area contributed by atoms with E-state index < -0.39 is 11.4 Å². The molecule has 3 heterocycles. The number of halogens is 1. The fraction of sp³-hybridized carbons (Fsp3) is 0.455. The van der Waals surface area contributed by atoms with Crippen molar-refractivity contribution >= 4 is 17.3 Å². The summed E-state index contributed by atoms with van der Waals surface area (Å²) in [5, 5.41) is 17.1. The smallest absolute Gasteiger partial charge is 0.257 e. The van der Waals surface area contributed by atoms with Crippen LogP contribution in [-0.2, 0) is 7.05 Å². The summed E-state index contributed by atoms with van der Waals surface area (Å²) in [7, 11) is 1.56. The number of carbonyl (C=O) groups is 1. The Balaban J connectivity index is 1.57. The molecule has 2 saturated heterocycles. The van der Waals surface area contributed by atoms with Crippen molar-refractivity contribution < 1.29 is 14.3 Å². The summed E-state index contributed by atoms with van der Waals surface area (Å²) < 4.78 is 15.6. The van der Waals surface area contributed by atoms with Crippen molar-refractivity contribution in [1.29, 1.82) is 0 Å². The van der Waals surface area contributed by atoms with Crippen LogP contribution in [0.2, 0.25) is 0 Å². The number of hydrogen-bond donors (Lipinski definition) is 3. The van der Waals surface area contributed by atoms with E-state index in [2.05, 4.69) is 10.6 Å². The number of aryl methyl sites for hydroxylation is 2. The van der Waals surface area contributed by atoms with Crippen LogP contribution in [-0.4, -0.2) is 51.8 Å². The average Bonchev–Trinajstić information content (AvgIpc) is 2.70. The molecule has 1 aromatic carbocycles. The van der Waals surface area contributed by atoms with Crippen LogP contribution in [0.15, 0.2) is 35.3 Å². The molecule has 7 nitrogen and oxygen atoms in total. The van der Waals surface area contributed by atoms with Crippen LogP contribution in [0, 0.1) is 12.7 Å². The van der Waals surface area contributed by atoms with Crippen LogP contribution in [0.5, 0.6) is 0 Å². The Hall–Kier alpha value is -2.71. The van der Waals surface area contributed by atoms with Gasteiger partial charge in [0.15, 0.2) is 0 Å². The van der Waals surface area contributed by atoms with Gasteiger partial charge in [0.2, 0.25) is 0 Å². The normalized spacial score (nSPS) is 20.5. The van der Waals surface area contributed by atoms with Gasteiger partial charge in [0.1, 0.15) is 11.4 Å². The lowest BCUT2D eigenvalue weighted by Gasteiger charge is -2.51. The zero-order valence-electron chi connectivity index (χ0n) is 17.2. The van der Waals surface area contributed by atoms with E-state index in [-0.39, 0.29) is 47.5 Å². The van der Waals surface area contributed by atoms with Crippen LogP contribution in [0.1, 0.15) is 35.2 Å². The summed E-state index contributed by atoms with van der Waals surface area (Å²) in [5.41, 5.74) is 0.220. The van der Waals surface area contributed by atoms with Crippen LogP contribution in [0.3, 0.4) is 0 Å². The highest BCUT2D eigenvalue weighted by Gasteiger charge is 2.49. The fourth-order valence-electron chi connectivity index (χ4n) is 4.23. The summed E-state index contributed by atoms with van der Waals surface area (Å²) in [5.74, 6) is -0.767. The first kappa shape index (κ1) is 20.6. The van der Waals surface area contributed by atoms with Crippen LogP contribution < -0.4 is 16.2 Å². The van der Waals surface area contributed by atoms with E-state index >= 15 is 0 Å². The number of anilines is 2. The molecule has 0 bridgehead atoms. The molecule has 0 unspecified atom stereocenters. The lowest BCUT2D eigenvalue weighted by Crippen LogP contribution is -2.72. The Morgan fingerprint density at radius 1 is 1.27 bits per heavy atom. The van der Waals surface area contributed by atoms with Gasteiger partial charge in [-0.15, -0.1) is 0 Å². The van der Waals surface area contributed by atoms with Gasteiger partial charge in [-0.2, -0.15) is 0 Å². The molecule has 0 radical (unpaired) electrons. The molecule has 8 heteroatoms. The van der Waals surface area contributed by atoms with Gasteiger partial charge < -0.3 is 25.2 Å². The molecule has 0 spiro atoms. The molecule has 2 fully saturated rings. The van der Waals surface area contributed by atoms with Crippen molar-refractivity contribution in [3.05, 3.63) is 57.8 Å². The summed E-state index contributed by atoms with van der Waals surface area (Å²) >= 11 is 0. The van der Waals surface area contributed by atoms with Gasteiger partial charge in [0.25, 0.3) is 11.5 Å². The molecule has 4 rings (SSSR count). The molecule has 30 heavy (non-hydrogen) atoms. The second-order valence-electron chi connectivity index (χ2n) is 8.43. The van der Waals surface area contributed by atoms with Gasteiger partial charge in [-0.3, -0.25) is 9.59 Å². The number of piperidine rings is 1. The molecular formula is C22H27FN4O3. The second-order valence-corrected chi connectivity index (χ2v) is 8.43. The third-order valence-corrected chi connectivity index (χ3v) is 6.03.